The smallest absolute Gasteiger partial charge is 0.406 e. The summed E-state index contributed by atoms with van der Waals surface area (Å²) in [7, 11) is -4.28. The molecule has 1 aliphatic rings. The zero-order chi connectivity index (χ0) is 26.4. The van der Waals surface area contributed by atoms with Gasteiger partial charge in [0, 0.05) is 19.2 Å². The number of ether oxygens (including phenoxy) is 1. The highest BCUT2D eigenvalue weighted by molar-refractivity contribution is 7.92. The summed E-state index contributed by atoms with van der Waals surface area (Å²) in [6, 6.07) is 4.05. The summed E-state index contributed by atoms with van der Waals surface area (Å²) in [6.07, 6.45) is -9.86. The van der Waals surface area contributed by atoms with Gasteiger partial charge in [0.05, 0.1) is 15.2 Å². The Morgan fingerprint density at radius 2 is 1.72 bits per heavy atom. The van der Waals surface area contributed by atoms with Crippen molar-refractivity contribution in [1.82, 2.24) is 4.98 Å². The summed E-state index contributed by atoms with van der Waals surface area (Å²) in [4.78, 5) is 16.5. The summed E-state index contributed by atoms with van der Waals surface area (Å²) in [5.74, 6) is -4.30. The van der Waals surface area contributed by atoms with Crippen LogP contribution in [0.15, 0.2) is 41.4 Å². The molecule has 2 aromatic rings. The van der Waals surface area contributed by atoms with Crippen LogP contribution in [0.25, 0.3) is 0 Å². The van der Waals surface area contributed by atoms with Gasteiger partial charge in [-0.15, -0.1) is 13.2 Å². The molecule has 0 aliphatic carbocycles. The number of piperidine rings is 1. The minimum atomic E-state index is -5.03. The molecule has 6 nitrogen and oxygen atoms in total. The molecular formula is C22H23F7N2O4S. The van der Waals surface area contributed by atoms with Gasteiger partial charge in [-0.3, -0.25) is 9.69 Å². The van der Waals surface area contributed by atoms with Gasteiger partial charge in [0.1, 0.15) is 5.75 Å². The maximum atomic E-state index is 14.3. The third-order valence-electron chi connectivity index (χ3n) is 5.85. The fraction of sp³-hybridized carbons (Fsp3) is 0.455. The zero-order valence-electron chi connectivity index (χ0n) is 18.2. The van der Waals surface area contributed by atoms with Crippen LogP contribution in [0.4, 0.5) is 36.6 Å². The number of benzene rings is 1. The molecule has 2 heterocycles. The molecule has 1 fully saturated rings. The number of aromatic nitrogens is 1. The van der Waals surface area contributed by atoms with Crippen LogP contribution in [0.5, 0.6) is 5.75 Å². The molecular weight excluding hydrogens is 521 g/mol. The minimum absolute atomic E-state index is 0. The summed E-state index contributed by atoms with van der Waals surface area (Å²) in [5.41, 5.74) is -1.33. The Morgan fingerprint density at radius 3 is 2.25 bits per heavy atom. The predicted molar refractivity (Wildman–Crippen MR) is 115 cm³/mol. The lowest BCUT2D eigenvalue weighted by Gasteiger charge is -2.39. The van der Waals surface area contributed by atoms with Crippen LogP contribution in [-0.4, -0.2) is 37.0 Å². The maximum Gasteiger partial charge on any atom is 0.573 e. The molecule has 0 bridgehead atoms. The topological polar surface area (TPSA) is 76.6 Å². The van der Waals surface area contributed by atoms with Gasteiger partial charge in [0.25, 0.3) is 0 Å². The first-order valence-electron chi connectivity index (χ1n) is 10.1. The number of carbonyl (C=O) groups is 1. The van der Waals surface area contributed by atoms with Crippen molar-refractivity contribution >= 4 is 21.6 Å². The van der Waals surface area contributed by atoms with E-state index in [9.17, 15) is 43.9 Å². The summed E-state index contributed by atoms with van der Waals surface area (Å²) in [6.45, 7) is 2.39. The van der Waals surface area contributed by atoms with E-state index in [1.165, 1.54) is 13.8 Å². The number of alkyl halides is 6. The first-order chi connectivity index (χ1) is 15.9. The molecule has 1 aromatic heterocycles. The van der Waals surface area contributed by atoms with Gasteiger partial charge in [0.15, 0.2) is 21.5 Å². The van der Waals surface area contributed by atoms with Crippen LogP contribution in [-0.2, 0) is 20.8 Å². The van der Waals surface area contributed by atoms with E-state index in [0.29, 0.717) is 6.20 Å². The van der Waals surface area contributed by atoms with E-state index in [0.717, 1.165) is 29.2 Å². The van der Waals surface area contributed by atoms with Crippen LogP contribution in [0, 0.1) is 11.7 Å². The Hall–Kier alpha value is -2.90. The number of sulfone groups is 1. The van der Waals surface area contributed by atoms with Crippen molar-refractivity contribution in [3.05, 3.63) is 47.9 Å². The first-order valence-corrected chi connectivity index (χ1v) is 11.6. The van der Waals surface area contributed by atoms with E-state index in [-0.39, 0.29) is 26.5 Å². The molecule has 1 amide bonds. The first kappa shape index (κ1) is 29.3. The second-order valence-electron chi connectivity index (χ2n) is 8.39. The van der Waals surface area contributed by atoms with E-state index < -0.39 is 73.2 Å². The van der Waals surface area contributed by atoms with Crippen LogP contribution >= 0.6 is 0 Å². The second-order valence-corrected chi connectivity index (χ2v) is 10.9. The van der Waals surface area contributed by atoms with Crippen LogP contribution < -0.4 is 9.64 Å². The maximum absolute atomic E-state index is 14.3. The Labute approximate surface area is 203 Å². The van der Waals surface area contributed by atoms with Gasteiger partial charge in [0.2, 0.25) is 5.91 Å². The number of halogens is 7. The molecule has 1 aliphatic heterocycles. The Morgan fingerprint density at radius 1 is 1.08 bits per heavy atom. The molecule has 36 heavy (non-hydrogen) atoms. The molecule has 1 aromatic carbocycles. The number of carbonyl (C=O) groups excluding carboxylic acids is 1. The lowest BCUT2D eigenvalue weighted by atomic mass is 9.85. The Bertz CT molecular complexity index is 1230. The molecule has 0 saturated carbocycles. The average molecular weight is 544 g/mol. The van der Waals surface area contributed by atoms with E-state index >= 15 is 0 Å². The fourth-order valence-electron chi connectivity index (χ4n) is 3.80. The lowest BCUT2D eigenvalue weighted by Crippen LogP contribution is -2.49. The van der Waals surface area contributed by atoms with E-state index in [1.807, 2.05) is 0 Å². The zero-order valence-corrected chi connectivity index (χ0v) is 19.1. The largest absolute Gasteiger partial charge is 0.573 e. The number of hydrogen-bond acceptors (Lipinski definition) is 5. The molecule has 1 saturated heterocycles. The Balaban J connectivity index is 0.00000456. The molecule has 0 unspecified atom stereocenters. The van der Waals surface area contributed by atoms with Crippen molar-refractivity contribution in [2.45, 2.75) is 56.3 Å². The lowest BCUT2D eigenvalue weighted by molar-refractivity contribution is -0.274. The highest BCUT2D eigenvalue weighted by atomic mass is 32.2. The minimum Gasteiger partial charge on any atom is -0.406 e. The fourth-order valence-corrected chi connectivity index (χ4v) is 5.57. The summed E-state index contributed by atoms with van der Waals surface area (Å²) >= 11 is 0. The Kier molecular flexibility index (Phi) is 8.04. The van der Waals surface area contributed by atoms with Crippen LogP contribution in [0.2, 0.25) is 0 Å². The molecule has 200 valence electrons. The number of anilines is 1. The van der Waals surface area contributed by atoms with Gasteiger partial charge in [-0.25, -0.2) is 17.8 Å². The number of nitrogens with zero attached hydrogens (tertiary/aromatic N) is 2. The summed E-state index contributed by atoms with van der Waals surface area (Å²) < 4.78 is 119. The highest BCUT2D eigenvalue weighted by Crippen LogP contribution is 2.40. The van der Waals surface area contributed by atoms with Crippen LogP contribution in [0.3, 0.4) is 0 Å². The number of rotatable bonds is 5. The van der Waals surface area contributed by atoms with Crippen LogP contribution in [0.1, 0.15) is 39.7 Å². The molecule has 0 radical (unpaired) electrons. The number of pyridine rings is 1. The van der Waals surface area contributed by atoms with Gasteiger partial charge >= 0.3 is 12.5 Å². The average Bonchev–Trinajstić information content (AvgIpc) is 2.72. The monoisotopic (exact) mass is 544 g/mol. The van der Waals surface area contributed by atoms with Gasteiger partial charge in [-0.2, -0.15) is 13.2 Å². The third kappa shape index (κ3) is 5.90. The normalized spacial score (nSPS) is 17.5. The number of hydrogen-bond donors (Lipinski definition) is 0. The van der Waals surface area contributed by atoms with Crippen molar-refractivity contribution in [3.8, 4) is 5.75 Å². The van der Waals surface area contributed by atoms with Gasteiger partial charge in [-0.1, -0.05) is 13.5 Å². The predicted octanol–water partition coefficient (Wildman–Crippen LogP) is 5.77. The van der Waals surface area contributed by atoms with E-state index in [4.69, 9.17) is 0 Å². The van der Waals surface area contributed by atoms with Crippen molar-refractivity contribution in [1.29, 1.82) is 0 Å². The SMILES string of the molecule is C.CC(C)([C@H]1CCN(c2ncc(C(F)(F)F)cc2F)C(=O)C1)S(=O)(=O)c1cccc(OC(F)(F)F)c1. The second kappa shape index (κ2) is 9.87. The highest BCUT2D eigenvalue weighted by Gasteiger charge is 2.46. The van der Waals surface area contributed by atoms with Gasteiger partial charge in [-0.05, 0) is 50.5 Å². The molecule has 14 heteroatoms. The molecule has 1 atom stereocenters. The third-order valence-corrected chi connectivity index (χ3v) is 8.45. The van der Waals surface area contributed by atoms with E-state index in [1.54, 1.807) is 0 Å². The van der Waals surface area contributed by atoms with Gasteiger partial charge < -0.3 is 4.74 Å². The standard InChI is InChI=1S/C21H19F7N2O4S.CH4/c1-19(2,35(32,33)15-5-3-4-14(10-15)34-21(26,27)28)12-6-7-30(17(31)9-12)18-16(22)8-13(11-29-18)20(23,24)25;/h3-5,8,10-12H,6-7,9H2,1-2H3;1H4/t12-;/m0./s1. The molecule has 3 rings (SSSR count). The molecule has 0 spiro atoms. The van der Waals surface area contributed by atoms with Crippen molar-refractivity contribution < 1.29 is 48.7 Å². The van der Waals surface area contributed by atoms with Crippen molar-refractivity contribution in [3.63, 3.8) is 0 Å². The molecule has 0 N–H and O–H groups in total. The van der Waals surface area contributed by atoms with Crippen molar-refractivity contribution in [2.75, 3.05) is 11.4 Å². The van der Waals surface area contributed by atoms with Crippen molar-refractivity contribution in [2.24, 2.45) is 5.92 Å². The summed E-state index contributed by atoms with van der Waals surface area (Å²) in [5, 5.41) is 0. The number of amides is 1. The van der Waals surface area contributed by atoms with E-state index in [2.05, 4.69) is 9.72 Å². The quantitative estimate of drug-likeness (QED) is 0.447.